The third-order valence-electron chi connectivity index (χ3n) is 0.530. The predicted molar refractivity (Wildman–Crippen MR) is 24.8 cm³/mol. The summed E-state index contributed by atoms with van der Waals surface area (Å²) in [6.45, 7) is -0.671. The quantitative estimate of drug-likeness (QED) is 0.370. The van der Waals surface area contributed by atoms with Crippen LogP contribution >= 0.6 is 0 Å². The van der Waals surface area contributed by atoms with Crippen LogP contribution in [0.15, 0.2) is 5.34 Å². The molecule has 1 atom stereocenters. The number of aliphatic hydroxyl groups is 2. The van der Waals surface area contributed by atoms with E-state index in [2.05, 4.69) is 4.84 Å². The second-order valence-corrected chi connectivity index (χ2v) is 1.21. The Hall–Kier alpha value is -0.680. The summed E-state index contributed by atoms with van der Waals surface area (Å²) in [4.78, 5) is 13.0. The van der Waals surface area contributed by atoms with Gasteiger partial charge in [-0.05, 0) is 0 Å². The molecule has 0 rings (SSSR count). The first-order valence-corrected chi connectivity index (χ1v) is 2.04. The number of hydrogen-bond donors (Lipinski definition) is 2. The molecule has 0 amide bonds. The number of nitrogens with zero attached hydrogens (tertiary/aromatic N) is 1. The lowest BCUT2D eigenvalue weighted by molar-refractivity contribution is 0.00668. The van der Waals surface area contributed by atoms with Gasteiger partial charge < -0.3 is 15.1 Å². The van der Waals surface area contributed by atoms with E-state index in [9.17, 15) is 0 Å². The SMILES string of the molecule is O=NOCC(O)CO. The van der Waals surface area contributed by atoms with Crippen molar-refractivity contribution in [2.75, 3.05) is 13.2 Å². The molecule has 0 aliphatic rings. The Balaban J connectivity index is 2.97. The molecule has 5 heteroatoms. The van der Waals surface area contributed by atoms with E-state index in [4.69, 9.17) is 15.1 Å². The highest BCUT2D eigenvalue weighted by molar-refractivity contribution is 4.46. The summed E-state index contributed by atoms with van der Waals surface area (Å²) in [5.74, 6) is 0. The average molecular weight is 121 g/mol. The van der Waals surface area contributed by atoms with Crippen LogP contribution in [0.4, 0.5) is 0 Å². The Morgan fingerprint density at radius 2 is 2.38 bits per heavy atom. The van der Waals surface area contributed by atoms with Crippen LogP contribution in [0, 0.1) is 4.91 Å². The van der Waals surface area contributed by atoms with Gasteiger partial charge in [0.1, 0.15) is 12.7 Å². The van der Waals surface area contributed by atoms with E-state index in [0.717, 1.165) is 0 Å². The molecule has 48 valence electrons. The van der Waals surface area contributed by atoms with Gasteiger partial charge in [0.25, 0.3) is 0 Å². The van der Waals surface area contributed by atoms with Crippen molar-refractivity contribution in [2.45, 2.75) is 6.10 Å². The van der Waals surface area contributed by atoms with Gasteiger partial charge in [-0.3, -0.25) is 0 Å². The van der Waals surface area contributed by atoms with Crippen molar-refractivity contribution in [1.82, 2.24) is 0 Å². The Kier molecular flexibility index (Phi) is 4.10. The van der Waals surface area contributed by atoms with E-state index in [1.165, 1.54) is 0 Å². The molecule has 1 unspecified atom stereocenters. The normalized spacial score (nSPS) is 12.8. The molecule has 0 heterocycles. The molecule has 0 saturated carbocycles. The lowest BCUT2D eigenvalue weighted by Crippen LogP contribution is -2.17. The van der Waals surface area contributed by atoms with Crippen LogP contribution in [-0.4, -0.2) is 29.5 Å². The summed E-state index contributed by atoms with van der Waals surface area (Å²) >= 11 is 0. The van der Waals surface area contributed by atoms with Crippen LogP contribution in [0.2, 0.25) is 0 Å². The fraction of sp³-hybridized carbons (Fsp3) is 1.00. The molecule has 0 radical (unpaired) electrons. The van der Waals surface area contributed by atoms with Gasteiger partial charge in [0, 0.05) is 0 Å². The molecule has 0 aromatic heterocycles. The van der Waals surface area contributed by atoms with Crippen molar-refractivity contribution in [2.24, 2.45) is 5.34 Å². The fourth-order valence-electron chi connectivity index (χ4n) is 0.169. The monoisotopic (exact) mass is 121 g/mol. The van der Waals surface area contributed by atoms with E-state index in [1.807, 2.05) is 5.34 Å². The molecule has 0 aliphatic carbocycles. The lowest BCUT2D eigenvalue weighted by Gasteiger charge is -2.00. The zero-order chi connectivity index (χ0) is 6.41. The summed E-state index contributed by atoms with van der Waals surface area (Å²) in [5.41, 5.74) is 0. The third kappa shape index (κ3) is 3.51. The minimum Gasteiger partial charge on any atom is -0.394 e. The molecule has 0 bridgehead atoms. The van der Waals surface area contributed by atoms with Crippen molar-refractivity contribution in [3.8, 4) is 0 Å². The molecule has 0 aliphatic heterocycles. The molecule has 5 nitrogen and oxygen atoms in total. The molecular formula is C3H7NO4. The summed E-state index contributed by atoms with van der Waals surface area (Å²) < 4.78 is 0. The van der Waals surface area contributed by atoms with Crippen molar-refractivity contribution in [3.05, 3.63) is 4.91 Å². The Morgan fingerprint density at radius 1 is 1.75 bits per heavy atom. The summed E-state index contributed by atoms with van der Waals surface area (Å²) in [6, 6.07) is 0. The maximum atomic E-state index is 9.16. The van der Waals surface area contributed by atoms with E-state index in [1.54, 1.807) is 0 Å². The number of hydrogen-bond acceptors (Lipinski definition) is 5. The van der Waals surface area contributed by atoms with Crippen LogP contribution in [0.1, 0.15) is 0 Å². The number of rotatable bonds is 4. The van der Waals surface area contributed by atoms with Gasteiger partial charge in [-0.1, -0.05) is 0 Å². The highest BCUT2D eigenvalue weighted by atomic mass is 16.7. The molecule has 0 fully saturated rings. The predicted octanol–water partition coefficient (Wildman–Crippen LogP) is -0.962. The largest absolute Gasteiger partial charge is 0.394 e. The Morgan fingerprint density at radius 3 is 2.75 bits per heavy atom. The molecule has 0 saturated heterocycles. The van der Waals surface area contributed by atoms with Gasteiger partial charge in [0.2, 0.25) is 0 Å². The second-order valence-electron chi connectivity index (χ2n) is 1.21. The molecule has 0 spiro atoms. The fourth-order valence-corrected chi connectivity index (χ4v) is 0.169. The molecular weight excluding hydrogens is 114 g/mol. The molecule has 8 heavy (non-hydrogen) atoms. The van der Waals surface area contributed by atoms with Crippen molar-refractivity contribution in [1.29, 1.82) is 0 Å². The van der Waals surface area contributed by atoms with Gasteiger partial charge in [-0.2, -0.15) is 0 Å². The first kappa shape index (κ1) is 7.32. The standard InChI is InChI=1S/C3H7NO4/c5-1-3(6)2-8-4-7/h3,5-6H,1-2H2. The Labute approximate surface area is 45.8 Å². The maximum Gasteiger partial charge on any atom is 0.155 e. The minimum absolute atomic E-state index is 0.250. The second kappa shape index (κ2) is 4.48. The molecule has 2 N–H and O–H groups in total. The minimum atomic E-state index is -1.01. The topological polar surface area (TPSA) is 79.1 Å². The summed E-state index contributed by atoms with van der Waals surface area (Å²) in [7, 11) is 0. The van der Waals surface area contributed by atoms with Crippen molar-refractivity contribution < 1.29 is 15.1 Å². The van der Waals surface area contributed by atoms with Crippen LogP contribution in [0.5, 0.6) is 0 Å². The molecule has 0 aromatic carbocycles. The zero-order valence-electron chi connectivity index (χ0n) is 4.15. The van der Waals surface area contributed by atoms with Crippen molar-refractivity contribution >= 4 is 0 Å². The van der Waals surface area contributed by atoms with Gasteiger partial charge >= 0.3 is 0 Å². The lowest BCUT2D eigenvalue weighted by atomic mass is 10.4. The van der Waals surface area contributed by atoms with Gasteiger partial charge in [0.05, 0.1) is 6.61 Å². The highest BCUT2D eigenvalue weighted by Gasteiger charge is 1.99. The maximum absolute atomic E-state index is 9.16. The van der Waals surface area contributed by atoms with E-state index in [-0.39, 0.29) is 6.61 Å². The van der Waals surface area contributed by atoms with Gasteiger partial charge in [-0.15, -0.1) is 4.91 Å². The third-order valence-corrected chi connectivity index (χ3v) is 0.530. The van der Waals surface area contributed by atoms with Gasteiger partial charge in [0.15, 0.2) is 5.34 Å². The first-order chi connectivity index (χ1) is 3.81. The van der Waals surface area contributed by atoms with Crippen LogP contribution in [0.25, 0.3) is 0 Å². The van der Waals surface area contributed by atoms with E-state index < -0.39 is 12.7 Å². The van der Waals surface area contributed by atoms with Crippen molar-refractivity contribution in [3.63, 3.8) is 0 Å². The van der Waals surface area contributed by atoms with Crippen LogP contribution in [-0.2, 0) is 4.84 Å². The highest BCUT2D eigenvalue weighted by Crippen LogP contribution is 1.81. The van der Waals surface area contributed by atoms with E-state index >= 15 is 0 Å². The average Bonchev–Trinajstić information content (AvgIpc) is 1.83. The summed E-state index contributed by atoms with van der Waals surface area (Å²) in [6.07, 6.45) is -1.01. The smallest absolute Gasteiger partial charge is 0.155 e. The Bertz CT molecular complexity index is 66.3. The van der Waals surface area contributed by atoms with Crippen LogP contribution < -0.4 is 0 Å². The van der Waals surface area contributed by atoms with Crippen LogP contribution in [0.3, 0.4) is 0 Å². The van der Waals surface area contributed by atoms with E-state index in [0.29, 0.717) is 0 Å². The first-order valence-electron chi connectivity index (χ1n) is 2.04. The molecule has 0 aromatic rings. The number of aliphatic hydroxyl groups excluding tert-OH is 2. The van der Waals surface area contributed by atoms with Gasteiger partial charge in [-0.25, -0.2) is 0 Å². The zero-order valence-corrected chi connectivity index (χ0v) is 4.15. The summed E-state index contributed by atoms with van der Waals surface area (Å²) in [5, 5.41) is 18.5.